The Hall–Kier alpha value is -1.26. The van der Waals surface area contributed by atoms with E-state index in [1.165, 1.54) is 19.3 Å². The van der Waals surface area contributed by atoms with Gasteiger partial charge in [-0.25, -0.2) is 0 Å². The lowest BCUT2D eigenvalue weighted by molar-refractivity contribution is -0.125. The Morgan fingerprint density at radius 2 is 1.77 bits per heavy atom. The van der Waals surface area contributed by atoms with Gasteiger partial charge >= 0.3 is 0 Å². The van der Waals surface area contributed by atoms with Crippen molar-refractivity contribution in [1.82, 2.24) is 16.0 Å². The van der Waals surface area contributed by atoms with Crippen molar-refractivity contribution in [2.45, 2.75) is 59.3 Å². The summed E-state index contributed by atoms with van der Waals surface area (Å²) in [5, 5.41) is 9.55. The van der Waals surface area contributed by atoms with Crippen LogP contribution in [0.15, 0.2) is 4.99 Å². The van der Waals surface area contributed by atoms with Crippen molar-refractivity contribution in [3.8, 4) is 0 Å². The Balaban J connectivity index is 2.19. The van der Waals surface area contributed by atoms with Crippen molar-refractivity contribution in [3.05, 3.63) is 0 Å². The second-order valence-electron chi connectivity index (χ2n) is 6.50. The van der Waals surface area contributed by atoms with E-state index in [0.717, 1.165) is 38.3 Å². The standard InChI is InChI=1S/C17H34N4O/c1-4-18-17(20-11-10-14(2)3)21-13-12-19-16(22)15-8-6-5-7-9-15/h14-15H,4-13H2,1-3H3,(H,19,22)(H2,18,20,21). The van der Waals surface area contributed by atoms with Crippen LogP contribution in [0, 0.1) is 11.8 Å². The highest BCUT2D eigenvalue weighted by Gasteiger charge is 2.20. The number of nitrogens with one attached hydrogen (secondary N) is 3. The lowest BCUT2D eigenvalue weighted by Gasteiger charge is -2.21. The highest BCUT2D eigenvalue weighted by molar-refractivity contribution is 5.80. The molecule has 128 valence electrons. The minimum atomic E-state index is 0.225. The van der Waals surface area contributed by atoms with Crippen LogP contribution < -0.4 is 16.0 Å². The van der Waals surface area contributed by atoms with Gasteiger partial charge < -0.3 is 16.0 Å². The van der Waals surface area contributed by atoms with Crippen molar-refractivity contribution in [1.29, 1.82) is 0 Å². The van der Waals surface area contributed by atoms with Crippen molar-refractivity contribution in [2.24, 2.45) is 16.8 Å². The van der Waals surface area contributed by atoms with Gasteiger partial charge in [0.25, 0.3) is 0 Å². The van der Waals surface area contributed by atoms with Gasteiger partial charge in [-0.1, -0.05) is 33.1 Å². The number of nitrogens with zero attached hydrogens (tertiary/aromatic N) is 1. The van der Waals surface area contributed by atoms with Crippen LogP contribution in [0.2, 0.25) is 0 Å². The summed E-state index contributed by atoms with van der Waals surface area (Å²) in [6.07, 6.45) is 6.88. The molecule has 5 heteroatoms. The summed E-state index contributed by atoms with van der Waals surface area (Å²) in [5.41, 5.74) is 0. The van der Waals surface area contributed by atoms with Crippen molar-refractivity contribution in [3.63, 3.8) is 0 Å². The first-order chi connectivity index (χ1) is 10.6. The van der Waals surface area contributed by atoms with Crippen molar-refractivity contribution in [2.75, 3.05) is 26.2 Å². The third-order valence-electron chi connectivity index (χ3n) is 4.01. The van der Waals surface area contributed by atoms with E-state index in [0.29, 0.717) is 19.0 Å². The predicted octanol–water partition coefficient (Wildman–Crippen LogP) is 2.28. The van der Waals surface area contributed by atoms with E-state index in [-0.39, 0.29) is 11.8 Å². The molecule has 1 saturated carbocycles. The minimum Gasteiger partial charge on any atom is -0.357 e. The summed E-state index contributed by atoms with van der Waals surface area (Å²) in [4.78, 5) is 16.6. The van der Waals surface area contributed by atoms with E-state index in [1.54, 1.807) is 0 Å². The smallest absolute Gasteiger partial charge is 0.223 e. The fraction of sp³-hybridized carbons (Fsp3) is 0.882. The molecule has 0 aromatic heterocycles. The summed E-state index contributed by atoms with van der Waals surface area (Å²) in [7, 11) is 0. The summed E-state index contributed by atoms with van der Waals surface area (Å²) in [6, 6.07) is 0. The Kier molecular flexibility index (Phi) is 9.67. The summed E-state index contributed by atoms with van der Waals surface area (Å²) in [6.45, 7) is 9.52. The Bertz CT molecular complexity index is 336. The van der Waals surface area contributed by atoms with E-state index < -0.39 is 0 Å². The number of carbonyl (C=O) groups is 1. The van der Waals surface area contributed by atoms with E-state index in [4.69, 9.17) is 0 Å². The maximum Gasteiger partial charge on any atom is 0.223 e. The second kappa shape index (κ2) is 11.3. The van der Waals surface area contributed by atoms with Crippen molar-refractivity contribution >= 4 is 11.9 Å². The average Bonchev–Trinajstić information content (AvgIpc) is 2.51. The van der Waals surface area contributed by atoms with E-state index in [9.17, 15) is 4.79 Å². The summed E-state index contributed by atoms with van der Waals surface area (Å²) >= 11 is 0. The van der Waals surface area contributed by atoms with Crippen LogP contribution in [0.25, 0.3) is 0 Å². The molecule has 3 N–H and O–H groups in total. The molecule has 0 heterocycles. The molecular weight excluding hydrogens is 276 g/mol. The number of amides is 1. The van der Waals surface area contributed by atoms with Gasteiger partial charge in [0.15, 0.2) is 5.96 Å². The number of hydrogen-bond acceptors (Lipinski definition) is 2. The minimum absolute atomic E-state index is 0.225. The normalized spacial score (nSPS) is 16.6. The maximum atomic E-state index is 12.0. The Morgan fingerprint density at radius 3 is 2.41 bits per heavy atom. The molecule has 0 aromatic rings. The van der Waals surface area contributed by atoms with Gasteiger partial charge in [0.1, 0.15) is 0 Å². The predicted molar refractivity (Wildman–Crippen MR) is 93.0 cm³/mol. The molecule has 1 aliphatic rings. The number of aliphatic imine (C=N–C) groups is 1. The lowest BCUT2D eigenvalue weighted by Crippen LogP contribution is -2.42. The fourth-order valence-electron chi connectivity index (χ4n) is 2.65. The van der Waals surface area contributed by atoms with Gasteiger partial charge in [-0.3, -0.25) is 9.79 Å². The molecule has 22 heavy (non-hydrogen) atoms. The number of hydrogen-bond donors (Lipinski definition) is 3. The third kappa shape index (κ3) is 8.25. The van der Waals surface area contributed by atoms with Crippen LogP contribution in [0.1, 0.15) is 59.3 Å². The van der Waals surface area contributed by atoms with Gasteiger partial charge in [0.05, 0.1) is 0 Å². The first-order valence-corrected chi connectivity index (χ1v) is 8.93. The highest BCUT2D eigenvalue weighted by Crippen LogP contribution is 2.23. The monoisotopic (exact) mass is 310 g/mol. The van der Waals surface area contributed by atoms with Crippen LogP contribution in [-0.4, -0.2) is 38.0 Å². The SMILES string of the molecule is CCNC(=NCCC(C)C)NCCNC(=O)C1CCCCC1. The van der Waals surface area contributed by atoms with Crippen LogP contribution in [0.4, 0.5) is 0 Å². The molecule has 0 unspecified atom stereocenters. The fourth-order valence-corrected chi connectivity index (χ4v) is 2.65. The number of rotatable bonds is 8. The number of guanidine groups is 1. The molecule has 0 bridgehead atoms. The molecule has 1 amide bonds. The summed E-state index contributed by atoms with van der Waals surface area (Å²) < 4.78 is 0. The van der Waals surface area contributed by atoms with Gasteiger partial charge in [-0.15, -0.1) is 0 Å². The molecule has 0 radical (unpaired) electrons. The topological polar surface area (TPSA) is 65.5 Å². The zero-order valence-corrected chi connectivity index (χ0v) is 14.6. The molecule has 0 atom stereocenters. The first kappa shape index (κ1) is 18.8. The van der Waals surface area contributed by atoms with E-state index in [2.05, 4.69) is 41.7 Å². The maximum absolute atomic E-state index is 12.0. The first-order valence-electron chi connectivity index (χ1n) is 8.93. The highest BCUT2D eigenvalue weighted by atomic mass is 16.1. The molecule has 0 aromatic carbocycles. The van der Waals surface area contributed by atoms with Gasteiger partial charge in [0, 0.05) is 32.1 Å². The lowest BCUT2D eigenvalue weighted by atomic mass is 9.89. The van der Waals surface area contributed by atoms with Crippen LogP contribution >= 0.6 is 0 Å². The van der Waals surface area contributed by atoms with E-state index >= 15 is 0 Å². The largest absolute Gasteiger partial charge is 0.357 e. The average molecular weight is 310 g/mol. The molecule has 1 rings (SSSR count). The zero-order chi connectivity index (χ0) is 16.2. The van der Waals surface area contributed by atoms with Crippen LogP contribution in [-0.2, 0) is 4.79 Å². The van der Waals surface area contributed by atoms with Gasteiger partial charge in [-0.2, -0.15) is 0 Å². The molecule has 1 fully saturated rings. The Morgan fingerprint density at radius 1 is 1.09 bits per heavy atom. The quantitative estimate of drug-likeness (QED) is 0.366. The molecule has 0 saturated heterocycles. The van der Waals surface area contributed by atoms with Crippen LogP contribution in [0.5, 0.6) is 0 Å². The molecule has 5 nitrogen and oxygen atoms in total. The van der Waals surface area contributed by atoms with Crippen molar-refractivity contribution < 1.29 is 4.79 Å². The van der Waals surface area contributed by atoms with Gasteiger partial charge in [-0.05, 0) is 32.1 Å². The molecule has 0 spiro atoms. The van der Waals surface area contributed by atoms with Gasteiger partial charge in [0.2, 0.25) is 5.91 Å². The zero-order valence-electron chi connectivity index (χ0n) is 14.6. The molecular formula is C17H34N4O. The number of carbonyl (C=O) groups excluding carboxylic acids is 1. The molecule has 0 aliphatic heterocycles. The van der Waals surface area contributed by atoms with Crippen LogP contribution in [0.3, 0.4) is 0 Å². The molecule has 1 aliphatic carbocycles. The van der Waals surface area contributed by atoms with E-state index in [1.807, 2.05) is 0 Å². The summed E-state index contributed by atoms with van der Waals surface area (Å²) in [5.74, 6) is 1.97. The third-order valence-corrected chi connectivity index (χ3v) is 4.01. The second-order valence-corrected chi connectivity index (χ2v) is 6.50. The Labute approximate surface area is 135 Å².